The van der Waals surface area contributed by atoms with Crippen LogP contribution in [0.3, 0.4) is 0 Å². The Morgan fingerprint density at radius 1 is 0.633 bits per heavy atom. The molecule has 0 radical (unpaired) electrons. The van der Waals surface area contributed by atoms with E-state index >= 15 is 0 Å². The van der Waals surface area contributed by atoms with Gasteiger partial charge in [-0.2, -0.15) is 0 Å². The molecule has 6 rings (SSSR count). The van der Waals surface area contributed by atoms with Gasteiger partial charge in [0.15, 0.2) is 11.5 Å². The largest absolute Gasteiger partial charge is 0.486 e. The van der Waals surface area contributed by atoms with Crippen molar-refractivity contribution in [3.05, 3.63) is 91.1 Å². The van der Waals surface area contributed by atoms with E-state index in [4.69, 9.17) is 14.5 Å². The van der Waals surface area contributed by atoms with Gasteiger partial charge in [0.05, 0.1) is 5.69 Å². The van der Waals surface area contributed by atoms with Crippen molar-refractivity contribution >= 4 is 21.5 Å². The molecule has 2 heterocycles. The average Bonchev–Trinajstić information content (AvgIpc) is 2.83. The van der Waals surface area contributed by atoms with Crippen molar-refractivity contribution in [1.29, 1.82) is 0 Å². The number of hydrogen-bond acceptors (Lipinski definition) is 3. The lowest BCUT2D eigenvalue weighted by Crippen LogP contribution is -2.15. The number of hydrogen-bond donors (Lipinski definition) is 0. The maximum Gasteiger partial charge on any atom is 0.161 e. The summed E-state index contributed by atoms with van der Waals surface area (Å²) in [6.07, 6.45) is 1.90. The van der Waals surface area contributed by atoms with Crippen molar-refractivity contribution in [3.8, 4) is 33.9 Å². The quantitative estimate of drug-likeness (QED) is 0.346. The summed E-state index contributed by atoms with van der Waals surface area (Å²) in [6.45, 7) is 1.17. The van der Waals surface area contributed by atoms with Gasteiger partial charge in [0, 0.05) is 17.1 Å². The first kappa shape index (κ1) is 17.0. The maximum absolute atomic E-state index is 5.85. The van der Waals surface area contributed by atoms with E-state index in [1.807, 2.05) is 12.3 Å². The number of pyridine rings is 1. The van der Waals surface area contributed by atoms with Crippen LogP contribution in [0, 0.1) is 0 Å². The standard InChI is InChI=1S/C27H19NO2/c1-3-7-21-18(5-1)9-11-22(20-10-12-24-25(17-20)30-16-15-29-24)26(21)27-23-8-4-2-6-19(23)13-14-28-27/h1-14,17H,15-16H2. The lowest BCUT2D eigenvalue weighted by molar-refractivity contribution is 0.171. The van der Waals surface area contributed by atoms with Crippen LogP contribution in [0.5, 0.6) is 11.5 Å². The fourth-order valence-electron chi connectivity index (χ4n) is 4.30. The van der Waals surface area contributed by atoms with Crippen LogP contribution < -0.4 is 9.47 Å². The summed E-state index contributed by atoms with van der Waals surface area (Å²) in [5.41, 5.74) is 4.36. The summed E-state index contributed by atoms with van der Waals surface area (Å²) < 4.78 is 11.6. The van der Waals surface area contributed by atoms with Crippen LogP contribution >= 0.6 is 0 Å². The molecule has 0 amide bonds. The zero-order valence-electron chi connectivity index (χ0n) is 16.3. The van der Waals surface area contributed by atoms with Gasteiger partial charge < -0.3 is 9.47 Å². The molecular formula is C27H19NO2. The van der Waals surface area contributed by atoms with Gasteiger partial charge in [-0.1, -0.05) is 66.7 Å². The first-order valence-corrected chi connectivity index (χ1v) is 10.1. The molecule has 4 aromatic carbocycles. The third kappa shape index (κ3) is 2.71. The lowest BCUT2D eigenvalue weighted by Gasteiger charge is -2.20. The van der Waals surface area contributed by atoms with Crippen LogP contribution in [0.25, 0.3) is 43.9 Å². The summed E-state index contributed by atoms with van der Waals surface area (Å²) >= 11 is 0. The minimum Gasteiger partial charge on any atom is -0.486 e. The van der Waals surface area contributed by atoms with Crippen molar-refractivity contribution in [2.24, 2.45) is 0 Å². The molecule has 0 bridgehead atoms. The van der Waals surface area contributed by atoms with Gasteiger partial charge in [0.1, 0.15) is 13.2 Å². The summed E-state index contributed by atoms with van der Waals surface area (Å²) in [5.74, 6) is 1.60. The fraction of sp³-hybridized carbons (Fsp3) is 0.0741. The van der Waals surface area contributed by atoms with Gasteiger partial charge in [0.2, 0.25) is 0 Å². The first-order valence-electron chi connectivity index (χ1n) is 10.1. The van der Waals surface area contributed by atoms with Crippen molar-refractivity contribution in [1.82, 2.24) is 4.98 Å². The van der Waals surface area contributed by atoms with Gasteiger partial charge in [-0.25, -0.2) is 0 Å². The van der Waals surface area contributed by atoms with Gasteiger partial charge in [-0.3, -0.25) is 4.98 Å². The topological polar surface area (TPSA) is 31.4 Å². The minimum absolute atomic E-state index is 0.575. The van der Waals surface area contributed by atoms with E-state index in [0.717, 1.165) is 39.3 Å². The molecule has 30 heavy (non-hydrogen) atoms. The highest BCUT2D eigenvalue weighted by molar-refractivity contribution is 6.09. The lowest BCUT2D eigenvalue weighted by atomic mass is 9.90. The normalized spacial score (nSPS) is 12.9. The second-order valence-electron chi connectivity index (χ2n) is 7.45. The highest BCUT2D eigenvalue weighted by atomic mass is 16.6. The predicted molar refractivity (Wildman–Crippen MR) is 121 cm³/mol. The molecule has 0 saturated carbocycles. The Labute approximate surface area is 174 Å². The van der Waals surface area contributed by atoms with Crippen LogP contribution in [0.15, 0.2) is 91.1 Å². The van der Waals surface area contributed by atoms with E-state index in [1.54, 1.807) is 0 Å². The molecule has 0 aliphatic carbocycles. The summed E-state index contributed by atoms with van der Waals surface area (Å²) in [7, 11) is 0. The summed E-state index contributed by atoms with van der Waals surface area (Å²) in [4.78, 5) is 4.84. The molecule has 0 unspecified atom stereocenters. The minimum atomic E-state index is 0.575. The zero-order chi connectivity index (χ0) is 19.9. The molecular weight excluding hydrogens is 370 g/mol. The van der Waals surface area contributed by atoms with Crippen LogP contribution in [-0.2, 0) is 0 Å². The molecule has 0 atom stereocenters. The Kier molecular flexibility index (Phi) is 3.91. The SMILES string of the molecule is c1ccc2c(-c3c(-c4ccc5c(c4)OCCO5)ccc4ccccc34)nccc2c1. The highest BCUT2D eigenvalue weighted by Gasteiger charge is 2.18. The first-order chi connectivity index (χ1) is 14.9. The Morgan fingerprint density at radius 3 is 2.23 bits per heavy atom. The highest BCUT2D eigenvalue weighted by Crippen LogP contribution is 2.42. The molecule has 5 aromatic rings. The van der Waals surface area contributed by atoms with E-state index in [1.165, 1.54) is 16.2 Å². The van der Waals surface area contributed by atoms with Crippen LogP contribution in [0.1, 0.15) is 0 Å². The Hall–Kier alpha value is -3.85. The monoisotopic (exact) mass is 389 g/mol. The molecule has 1 aliphatic rings. The van der Waals surface area contributed by atoms with Gasteiger partial charge in [0.25, 0.3) is 0 Å². The van der Waals surface area contributed by atoms with Crippen molar-refractivity contribution in [2.75, 3.05) is 13.2 Å². The summed E-state index contributed by atoms with van der Waals surface area (Å²) in [6, 6.07) is 29.5. The second-order valence-corrected chi connectivity index (χ2v) is 7.45. The Morgan fingerprint density at radius 2 is 1.37 bits per heavy atom. The van der Waals surface area contributed by atoms with Gasteiger partial charge in [-0.15, -0.1) is 0 Å². The number of aromatic nitrogens is 1. The predicted octanol–water partition coefficient (Wildman–Crippen LogP) is 6.49. The van der Waals surface area contributed by atoms with E-state index in [2.05, 4.69) is 78.9 Å². The van der Waals surface area contributed by atoms with E-state index in [-0.39, 0.29) is 0 Å². The van der Waals surface area contributed by atoms with Crippen molar-refractivity contribution in [2.45, 2.75) is 0 Å². The van der Waals surface area contributed by atoms with Crippen molar-refractivity contribution < 1.29 is 9.47 Å². The van der Waals surface area contributed by atoms with E-state index < -0.39 is 0 Å². The summed E-state index contributed by atoms with van der Waals surface area (Å²) in [5, 5.41) is 4.72. The molecule has 0 N–H and O–H groups in total. The third-order valence-corrected chi connectivity index (χ3v) is 5.69. The molecule has 0 fully saturated rings. The third-order valence-electron chi connectivity index (χ3n) is 5.69. The number of nitrogens with zero attached hydrogens (tertiary/aromatic N) is 1. The zero-order valence-corrected chi connectivity index (χ0v) is 16.3. The molecule has 0 saturated heterocycles. The van der Waals surface area contributed by atoms with Crippen LogP contribution in [0.4, 0.5) is 0 Å². The Bertz CT molecular complexity index is 1400. The Balaban J connectivity index is 1.68. The molecule has 144 valence electrons. The van der Waals surface area contributed by atoms with E-state index in [9.17, 15) is 0 Å². The molecule has 3 nitrogen and oxygen atoms in total. The smallest absolute Gasteiger partial charge is 0.161 e. The number of rotatable bonds is 2. The molecule has 1 aromatic heterocycles. The van der Waals surface area contributed by atoms with Crippen molar-refractivity contribution in [3.63, 3.8) is 0 Å². The van der Waals surface area contributed by atoms with Gasteiger partial charge in [-0.05, 0) is 45.5 Å². The van der Waals surface area contributed by atoms with E-state index in [0.29, 0.717) is 13.2 Å². The van der Waals surface area contributed by atoms with Gasteiger partial charge >= 0.3 is 0 Å². The average molecular weight is 389 g/mol. The molecule has 1 aliphatic heterocycles. The molecule has 3 heteroatoms. The number of benzene rings is 4. The second kappa shape index (κ2) is 6.89. The maximum atomic E-state index is 5.85. The number of fused-ring (bicyclic) bond motifs is 3. The fourth-order valence-corrected chi connectivity index (χ4v) is 4.30. The number of ether oxygens (including phenoxy) is 2. The van der Waals surface area contributed by atoms with Crippen LogP contribution in [0.2, 0.25) is 0 Å². The molecule has 0 spiro atoms. The van der Waals surface area contributed by atoms with Crippen LogP contribution in [-0.4, -0.2) is 18.2 Å².